The number of phenolic OH excluding ortho intramolecular Hbond substituents is 1. The van der Waals surface area contributed by atoms with E-state index in [-0.39, 0.29) is 11.3 Å². The van der Waals surface area contributed by atoms with E-state index in [1.165, 1.54) is 0 Å². The predicted octanol–water partition coefficient (Wildman–Crippen LogP) is 3.82. The molecule has 0 unspecified atom stereocenters. The summed E-state index contributed by atoms with van der Waals surface area (Å²) in [5.41, 5.74) is 1.16. The van der Waals surface area contributed by atoms with Crippen molar-refractivity contribution in [1.82, 2.24) is 4.90 Å². The summed E-state index contributed by atoms with van der Waals surface area (Å²) in [5.74, 6) is 0.884. The highest BCUT2D eigenvalue weighted by Crippen LogP contribution is 2.40. The standard InChI is InChI=1S/C19H23NO2S/c1-14-13-20(18(22)12-17-7-4-10-23-17)9-8-19(14,2)15-5-3-6-16(21)11-15/h3-7,10-11,14,21H,8-9,12-13H2,1-2H3/t14-,19+/m0/s1. The van der Waals surface area contributed by atoms with E-state index in [1.54, 1.807) is 17.4 Å². The van der Waals surface area contributed by atoms with E-state index in [2.05, 4.69) is 19.9 Å². The highest BCUT2D eigenvalue weighted by molar-refractivity contribution is 7.10. The van der Waals surface area contributed by atoms with E-state index in [0.717, 1.165) is 30.0 Å². The Morgan fingerprint density at radius 1 is 1.39 bits per heavy atom. The van der Waals surface area contributed by atoms with Gasteiger partial charge >= 0.3 is 0 Å². The summed E-state index contributed by atoms with van der Waals surface area (Å²) in [6, 6.07) is 11.6. The lowest BCUT2D eigenvalue weighted by Crippen LogP contribution is -2.49. The molecule has 23 heavy (non-hydrogen) atoms. The molecule has 1 aliphatic heterocycles. The molecular weight excluding hydrogens is 306 g/mol. The lowest BCUT2D eigenvalue weighted by Gasteiger charge is -2.45. The monoisotopic (exact) mass is 329 g/mol. The first kappa shape index (κ1) is 16.1. The van der Waals surface area contributed by atoms with Crippen molar-refractivity contribution in [2.24, 2.45) is 5.92 Å². The number of hydrogen-bond donors (Lipinski definition) is 1. The van der Waals surface area contributed by atoms with Crippen LogP contribution in [0.3, 0.4) is 0 Å². The van der Waals surface area contributed by atoms with Gasteiger partial charge in [0.1, 0.15) is 5.75 Å². The second kappa shape index (κ2) is 6.36. The number of nitrogens with zero attached hydrogens (tertiary/aromatic N) is 1. The molecule has 3 rings (SSSR count). The van der Waals surface area contributed by atoms with Crippen LogP contribution in [0.4, 0.5) is 0 Å². The third kappa shape index (κ3) is 3.27. The minimum Gasteiger partial charge on any atom is -0.508 e. The van der Waals surface area contributed by atoms with Gasteiger partial charge in [-0.15, -0.1) is 11.3 Å². The molecule has 2 aromatic rings. The fraction of sp³-hybridized carbons (Fsp3) is 0.421. The summed E-state index contributed by atoms with van der Waals surface area (Å²) >= 11 is 1.64. The molecule has 0 spiro atoms. The van der Waals surface area contributed by atoms with Crippen LogP contribution in [0.2, 0.25) is 0 Å². The second-order valence-electron chi connectivity index (χ2n) is 6.71. The first-order valence-corrected chi connectivity index (χ1v) is 8.96. The third-order valence-electron chi connectivity index (χ3n) is 5.25. The quantitative estimate of drug-likeness (QED) is 0.930. The predicted molar refractivity (Wildman–Crippen MR) is 93.8 cm³/mol. The summed E-state index contributed by atoms with van der Waals surface area (Å²) < 4.78 is 0. The van der Waals surface area contributed by atoms with E-state index in [1.807, 2.05) is 34.5 Å². The molecule has 0 bridgehead atoms. The third-order valence-corrected chi connectivity index (χ3v) is 6.12. The van der Waals surface area contributed by atoms with E-state index < -0.39 is 0 Å². The van der Waals surface area contributed by atoms with Crippen molar-refractivity contribution in [3.8, 4) is 5.75 Å². The van der Waals surface area contributed by atoms with Crippen molar-refractivity contribution < 1.29 is 9.90 Å². The van der Waals surface area contributed by atoms with E-state index >= 15 is 0 Å². The Hall–Kier alpha value is -1.81. The second-order valence-corrected chi connectivity index (χ2v) is 7.75. The summed E-state index contributed by atoms with van der Waals surface area (Å²) in [6.07, 6.45) is 1.43. The molecule has 4 heteroatoms. The molecule has 0 aliphatic carbocycles. The van der Waals surface area contributed by atoms with Gasteiger partial charge in [0.25, 0.3) is 0 Å². The molecule has 1 saturated heterocycles. The Labute approximate surface area is 141 Å². The fourth-order valence-electron chi connectivity index (χ4n) is 3.43. The smallest absolute Gasteiger partial charge is 0.227 e. The zero-order valence-electron chi connectivity index (χ0n) is 13.7. The number of hydrogen-bond acceptors (Lipinski definition) is 3. The maximum Gasteiger partial charge on any atom is 0.227 e. The van der Waals surface area contributed by atoms with Crippen molar-refractivity contribution in [3.05, 3.63) is 52.2 Å². The topological polar surface area (TPSA) is 40.5 Å². The van der Waals surface area contributed by atoms with Crippen LogP contribution in [0.15, 0.2) is 41.8 Å². The Kier molecular flexibility index (Phi) is 4.44. The van der Waals surface area contributed by atoms with Crippen molar-refractivity contribution in [3.63, 3.8) is 0 Å². The van der Waals surface area contributed by atoms with E-state index in [4.69, 9.17) is 0 Å². The average molecular weight is 329 g/mol. The van der Waals surface area contributed by atoms with Gasteiger partial charge in [0.05, 0.1) is 6.42 Å². The molecule has 2 atom stereocenters. The van der Waals surface area contributed by atoms with Gasteiger partial charge in [0, 0.05) is 18.0 Å². The van der Waals surface area contributed by atoms with Crippen LogP contribution in [0.25, 0.3) is 0 Å². The van der Waals surface area contributed by atoms with Gasteiger partial charge in [0.15, 0.2) is 0 Å². The van der Waals surface area contributed by atoms with Crippen molar-refractivity contribution in [2.75, 3.05) is 13.1 Å². The molecule has 0 saturated carbocycles. The van der Waals surface area contributed by atoms with Crippen molar-refractivity contribution >= 4 is 17.2 Å². The highest BCUT2D eigenvalue weighted by Gasteiger charge is 2.39. The number of carbonyl (C=O) groups is 1. The minimum atomic E-state index is -0.00154. The summed E-state index contributed by atoms with van der Waals surface area (Å²) in [7, 11) is 0. The van der Waals surface area contributed by atoms with Crippen LogP contribution in [0, 0.1) is 5.92 Å². The minimum absolute atomic E-state index is 0.00154. The Morgan fingerprint density at radius 2 is 2.22 bits per heavy atom. The maximum absolute atomic E-state index is 12.5. The Balaban J connectivity index is 1.70. The Morgan fingerprint density at radius 3 is 2.87 bits per heavy atom. The van der Waals surface area contributed by atoms with Crippen LogP contribution >= 0.6 is 11.3 Å². The number of benzene rings is 1. The van der Waals surface area contributed by atoms with Crippen LogP contribution < -0.4 is 0 Å². The zero-order valence-corrected chi connectivity index (χ0v) is 14.5. The first-order chi connectivity index (χ1) is 11.0. The van der Waals surface area contributed by atoms with E-state index in [9.17, 15) is 9.90 Å². The Bertz CT molecular complexity index is 682. The molecule has 0 radical (unpaired) electrons. The molecular formula is C19H23NO2S. The van der Waals surface area contributed by atoms with Gasteiger partial charge in [-0.2, -0.15) is 0 Å². The number of aromatic hydroxyl groups is 1. The van der Waals surface area contributed by atoms with Gasteiger partial charge in [-0.25, -0.2) is 0 Å². The number of rotatable bonds is 3. The maximum atomic E-state index is 12.5. The van der Waals surface area contributed by atoms with Gasteiger partial charge in [-0.05, 0) is 46.9 Å². The fourth-order valence-corrected chi connectivity index (χ4v) is 4.12. The largest absolute Gasteiger partial charge is 0.508 e. The molecule has 1 aromatic carbocycles. The normalized spacial score (nSPS) is 24.6. The molecule has 122 valence electrons. The highest BCUT2D eigenvalue weighted by atomic mass is 32.1. The molecule has 1 N–H and O–H groups in total. The summed E-state index contributed by atoms with van der Waals surface area (Å²) in [5, 5.41) is 11.8. The van der Waals surface area contributed by atoms with Gasteiger partial charge in [-0.1, -0.05) is 32.0 Å². The molecule has 2 heterocycles. The zero-order chi connectivity index (χ0) is 16.4. The van der Waals surface area contributed by atoms with Gasteiger partial charge in [-0.3, -0.25) is 4.79 Å². The number of thiophene rings is 1. The number of carbonyl (C=O) groups excluding carboxylic acids is 1. The van der Waals surface area contributed by atoms with Gasteiger partial charge < -0.3 is 10.0 Å². The van der Waals surface area contributed by atoms with Gasteiger partial charge in [0.2, 0.25) is 5.91 Å². The van der Waals surface area contributed by atoms with Crippen molar-refractivity contribution in [1.29, 1.82) is 0 Å². The van der Waals surface area contributed by atoms with Crippen LogP contribution in [-0.2, 0) is 16.6 Å². The number of likely N-dealkylation sites (tertiary alicyclic amines) is 1. The van der Waals surface area contributed by atoms with Crippen LogP contribution in [0.1, 0.15) is 30.7 Å². The lowest BCUT2D eigenvalue weighted by molar-refractivity contribution is -0.133. The molecule has 1 fully saturated rings. The van der Waals surface area contributed by atoms with Crippen LogP contribution in [-0.4, -0.2) is 29.0 Å². The first-order valence-electron chi connectivity index (χ1n) is 8.09. The van der Waals surface area contributed by atoms with Crippen molar-refractivity contribution in [2.45, 2.75) is 32.1 Å². The molecule has 1 aromatic heterocycles. The SMILES string of the molecule is C[C@H]1CN(C(=O)Cc2cccs2)CC[C@@]1(C)c1cccc(O)c1. The van der Waals surface area contributed by atoms with E-state index in [0.29, 0.717) is 18.1 Å². The molecule has 3 nitrogen and oxygen atoms in total. The number of piperidine rings is 1. The molecule has 1 aliphatic rings. The molecule has 1 amide bonds. The lowest BCUT2D eigenvalue weighted by atomic mass is 9.68. The van der Waals surface area contributed by atoms with Crippen LogP contribution in [0.5, 0.6) is 5.75 Å². The summed E-state index contributed by atoms with van der Waals surface area (Å²) in [4.78, 5) is 15.6. The average Bonchev–Trinajstić information content (AvgIpc) is 3.03. The number of phenols is 1. The summed E-state index contributed by atoms with van der Waals surface area (Å²) in [6.45, 7) is 6.00. The number of amides is 1.